The van der Waals surface area contributed by atoms with Gasteiger partial charge in [-0.3, -0.25) is 4.79 Å². The lowest BCUT2D eigenvalue weighted by Crippen LogP contribution is -2.10. The van der Waals surface area contributed by atoms with Gasteiger partial charge in [0.15, 0.2) is 0 Å². The summed E-state index contributed by atoms with van der Waals surface area (Å²) in [6, 6.07) is 10.1. The molecule has 0 atom stereocenters. The second-order valence-electron chi connectivity index (χ2n) is 3.95. The van der Waals surface area contributed by atoms with E-state index in [4.69, 9.17) is 5.73 Å². The fraction of sp³-hybridized carbons (Fsp3) is 0.154. The molecule has 3 nitrogen and oxygen atoms in total. The van der Waals surface area contributed by atoms with Gasteiger partial charge >= 0.3 is 0 Å². The molecular formula is C13H14N2O. The number of aromatic amines is 1. The summed E-state index contributed by atoms with van der Waals surface area (Å²) in [5.74, 6) is -0.421. The van der Waals surface area contributed by atoms with Crippen LogP contribution in [0.2, 0.25) is 0 Å². The number of hydrogen-bond acceptors (Lipinski definition) is 1. The molecule has 1 amide bonds. The molecule has 3 N–H and O–H groups in total. The molecule has 2 rings (SSSR count). The molecule has 0 aliphatic heterocycles. The minimum atomic E-state index is -0.421. The van der Waals surface area contributed by atoms with E-state index >= 15 is 0 Å². The van der Waals surface area contributed by atoms with E-state index in [1.165, 1.54) is 11.1 Å². The highest BCUT2D eigenvalue weighted by Gasteiger charge is 2.04. The van der Waals surface area contributed by atoms with E-state index in [1.54, 1.807) is 6.07 Å². The first-order valence-corrected chi connectivity index (χ1v) is 5.18. The fourth-order valence-corrected chi connectivity index (χ4v) is 1.63. The van der Waals surface area contributed by atoms with Crippen LogP contribution in [0.15, 0.2) is 36.5 Å². The summed E-state index contributed by atoms with van der Waals surface area (Å²) in [5.41, 5.74) is 9.17. The minimum Gasteiger partial charge on any atom is -0.364 e. The smallest absolute Gasteiger partial charge is 0.265 e. The van der Waals surface area contributed by atoms with Crippen molar-refractivity contribution in [1.29, 1.82) is 0 Å². The molecule has 0 aliphatic carbocycles. The number of benzene rings is 1. The predicted molar refractivity (Wildman–Crippen MR) is 63.3 cm³/mol. The monoisotopic (exact) mass is 214 g/mol. The van der Waals surface area contributed by atoms with Crippen molar-refractivity contribution in [1.82, 2.24) is 4.98 Å². The number of carbonyl (C=O) groups is 1. The zero-order chi connectivity index (χ0) is 11.5. The average molecular weight is 214 g/mol. The van der Waals surface area contributed by atoms with Gasteiger partial charge in [-0.05, 0) is 30.5 Å². The Kier molecular flexibility index (Phi) is 2.77. The van der Waals surface area contributed by atoms with Gasteiger partial charge in [0.25, 0.3) is 5.91 Å². The molecule has 1 aromatic carbocycles. The number of nitrogens with one attached hydrogen (secondary N) is 1. The van der Waals surface area contributed by atoms with E-state index in [-0.39, 0.29) is 0 Å². The number of rotatable bonds is 3. The molecular weight excluding hydrogens is 200 g/mol. The Morgan fingerprint density at radius 1 is 1.25 bits per heavy atom. The second kappa shape index (κ2) is 4.23. The third-order valence-electron chi connectivity index (χ3n) is 2.54. The summed E-state index contributed by atoms with van der Waals surface area (Å²) in [6.45, 7) is 2.06. The van der Waals surface area contributed by atoms with Crippen LogP contribution in [0.1, 0.15) is 27.2 Å². The molecule has 0 unspecified atom stereocenters. The van der Waals surface area contributed by atoms with Crippen molar-refractivity contribution in [3.8, 4) is 0 Å². The summed E-state index contributed by atoms with van der Waals surface area (Å²) >= 11 is 0. The van der Waals surface area contributed by atoms with Gasteiger partial charge in [-0.15, -0.1) is 0 Å². The van der Waals surface area contributed by atoms with Crippen molar-refractivity contribution >= 4 is 5.91 Å². The Labute approximate surface area is 94.3 Å². The Morgan fingerprint density at radius 3 is 2.50 bits per heavy atom. The van der Waals surface area contributed by atoms with Gasteiger partial charge in [-0.25, -0.2) is 0 Å². The molecule has 0 saturated heterocycles. The summed E-state index contributed by atoms with van der Waals surface area (Å²) in [4.78, 5) is 13.8. The van der Waals surface area contributed by atoms with E-state index in [2.05, 4.69) is 36.2 Å². The molecule has 1 heterocycles. The maximum absolute atomic E-state index is 10.9. The Balaban J connectivity index is 2.14. The molecule has 0 spiro atoms. The van der Waals surface area contributed by atoms with Gasteiger partial charge < -0.3 is 10.7 Å². The lowest BCUT2D eigenvalue weighted by atomic mass is 10.1. The van der Waals surface area contributed by atoms with Gasteiger partial charge in [0.1, 0.15) is 5.69 Å². The summed E-state index contributed by atoms with van der Waals surface area (Å²) in [5, 5.41) is 0. The van der Waals surface area contributed by atoms with Crippen molar-refractivity contribution in [2.75, 3.05) is 0 Å². The van der Waals surface area contributed by atoms with Crippen LogP contribution in [-0.2, 0) is 6.42 Å². The molecule has 16 heavy (non-hydrogen) atoms. The maximum atomic E-state index is 10.9. The number of carbonyl (C=O) groups excluding carboxylic acids is 1. The molecule has 1 aromatic heterocycles. The normalized spacial score (nSPS) is 10.3. The first kappa shape index (κ1) is 10.5. The number of primary amides is 1. The Bertz CT molecular complexity index is 497. The first-order valence-electron chi connectivity index (χ1n) is 5.18. The van der Waals surface area contributed by atoms with E-state index in [0.717, 1.165) is 12.0 Å². The predicted octanol–water partition coefficient (Wildman–Crippen LogP) is 2.01. The topological polar surface area (TPSA) is 58.9 Å². The number of aryl methyl sites for hydroxylation is 1. The standard InChI is InChI=1S/C13H14N2O/c1-9-2-4-10(5-3-9)6-11-7-12(13(14)16)15-8-11/h2-5,7-8,15H,6H2,1H3,(H2,14,16). The SMILES string of the molecule is Cc1ccc(Cc2c[nH]c(C(N)=O)c2)cc1. The third kappa shape index (κ3) is 2.31. The second-order valence-corrected chi connectivity index (χ2v) is 3.95. The molecule has 0 fully saturated rings. The molecule has 82 valence electrons. The van der Waals surface area contributed by atoms with Crippen LogP contribution >= 0.6 is 0 Å². The Morgan fingerprint density at radius 2 is 1.94 bits per heavy atom. The summed E-state index contributed by atoms with van der Waals surface area (Å²) in [6.07, 6.45) is 2.63. The summed E-state index contributed by atoms with van der Waals surface area (Å²) in [7, 11) is 0. The highest BCUT2D eigenvalue weighted by Crippen LogP contribution is 2.11. The van der Waals surface area contributed by atoms with Crippen molar-refractivity contribution in [2.24, 2.45) is 5.73 Å². The van der Waals surface area contributed by atoms with Crippen molar-refractivity contribution in [3.05, 3.63) is 58.9 Å². The van der Waals surface area contributed by atoms with Crippen molar-refractivity contribution in [2.45, 2.75) is 13.3 Å². The number of H-pyrrole nitrogens is 1. The van der Waals surface area contributed by atoms with Gasteiger partial charge in [0.2, 0.25) is 0 Å². The van der Waals surface area contributed by atoms with Crippen LogP contribution in [0.3, 0.4) is 0 Å². The van der Waals surface area contributed by atoms with Crippen LogP contribution in [0.4, 0.5) is 0 Å². The van der Waals surface area contributed by atoms with E-state index in [9.17, 15) is 4.79 Å². The lowest BCUT2D eigenvalue weighted by Gasteiger charge is -1.99. The molecule has 3 heteroatoms. The van der Waals surface area contributed by atoms with Gasteiger partial charge in [0.05, 0.1) is 0 Å². The molecule has 0 saturated carbocycles. The minimum absolute atomic E-state index is 0.421. The zero-order valence-corrected chi connectivity index (χ0v) is 9.16. The number of amides is 1. The third-order valence-corrected chi connectivity index (χ3v) is 2.54. The fourth-order valence-electron chi connectivity index (χ4n) is 1.63. The maximum Gasteiger partial charge on any atom is 0.265 e. The largest absolute Gasteiger partial charge is 0.364 e. The van der Waals surface area contributed by atoms with E-state index in [0.29, 0.717) is 5.69 Å². The quantitative estimate of drug-likeness (QED) is 0.806. The van der Waals surface area contributed by atoms with E-state index < -0.39 is 5.91 Å². The van der Waals surface area contributed by atoms with Gasteiger partial charge in [-0.2, -0.15) is 0 Å². The summed E-state index contributed by atoms with van der Waals surface area (Å²) < 4.78 is 0. The van der Waals surface area contributed by atoms with E-state index in [1.807, 2.05) is 6.20 Å². The molecule has 0 radical (unpaired) electrons. The molecule has 2 aromatic rings. The van der Waals surface area contributed by atoms with Crippen molar-refractivity contribution in [3.63, 3.8) is 0 Å². The average Bonchev–Trinajstić information content (AvgIpc) is 2.70. The molecule has 0 aliphatic rings. The number of hydrogen-bond donors (Lipinski definition) is 2. The first-order chi connectivity index (χ1) is 7.65. The zero-order valence-electron chi connectivity index (χ0n) is 9.16. The van der Waals surface area contributed by atoms with Gasteiger partial charge in [-0.1, -0.05) is 29.8 Å². The van der Waals surface area contributed by atoms with Crippen molar-refractivity contribution < 1.29 is 4.79 Å². The number of nitrogens with two attached hydrogens (primary N) is 1. The van der Waals surface area contributed by atoms with Crippen LogP contribution in [0.5, 0.6) is 0 Å². The Hall–Kier alpha value is -2.03. The highest BCUT2D eigenvalue weighted by molar-refractivity contribution is 5.91. The van der Waals surface area contributed by atoms with Crippen LogP contribution in [0.25, 0.3) is 0 Å². The van der Waals surface area contributed by atoms with Crippen LogP contribution in [-0.4, -0.2) is 10.9 Å². The van der Waals surface area contributed by atoms with Crippen LogP contribution in [0, 0.1) is 6.92 Å². The highest BCUT2D eigenvalue weighted by atomic mass is 16.1. The van der Waals surface area contributed by atoms with Crippen LogP contribution < -0.4 is 5.73 Å². The lowest BCUT2D eigenvalue weighted by molar-refractivity contribution is 0.0996. The molecule has 0 bridgehead atoms. The van der Waals surface area contributed by atoms with Gasteiger partial charge in [0, 0.05) is 6.20 Å². The number of aromatic nitrogens is 1.